The van der Waals surface area contributed by atoms with Crippen molar-refractivity contribution in [3.8, 4) is 0 Å². The number of nitrogens with two attached hydrogens (primary N) is 1. The maximum atomic E-state index is 7.27. The van der Waals surface area contributed by atoms with Gasteiger partial charge in [0.2, 0.25) is 0 Å². The summed E-state index contributed by atoms with van der Waals surface area (Å²) >= 11 is 3.21. The summed E-state index contributed by atoms with van der Waals surface area (Å²) in [4.78, 5) is 0. The third-order valence-electron chi connectivity index (χ3n) is 1.29. The highest BCUT2D eigenvalue weighted by Crippen LogP contribution is 2.21. The van der Waals surface area contributed by atoms with Gasteiger partial charge in [-0.25, -0.2) is 0 Å². The largest absolute Gasteiger partial charge is 0.495 e. The molecule has 4 N–H and O–H groups in total. The molecule has 0 aromatic heterocycles. The zero-order valence-corrected chi connectivity index (χ0v) is 9.10. The van der Waals surface area contributed by atoms with Crippen molar-refractivity contribution < 1.29 is 4.74 Å². The summed E-state index contributed by atoms with van der Waals surface area (Å²) in [5, 5.41) is 14.5. The van der Waals surface area contributed by atoms with Crippen molar-refractivity contribution in [2.24, 2.45) is 5.73 Å². The molecule has 1 rings (SSSR count). The lowest BCUT2D eigenvalue weighted by Crippen LogP contribution is -2.12. The molecule has 0 saturated heterocycles. The fourth-order valence-electron chi connectivity index (χ4n) is 0.710. The predicted octanol–water partition coefficient (Wildman–Crippen LogP) is 1.42. The number of methoxy groups -OCH3 is 1. The fraction of sp³-hybridized carbons (Fsp3) is 0.250. The highest BCUT2D eigenvalue weighted by molar-refractivity contribution is 9.12. The third kappa shape index (κ3) is 3.12. The van der Waals surface area contributed by atoms with Crippen molar-refractivity contribution >= 4 is 27.4 Å². The first-order valence-electron chi connectivity index (χ1n) is 3.53. The van der Waals surface area contributed by atoms with Crippen molar-refractivity contribution in [3.63, 3.8) is 0 Å². The molecule has 0 aromatic rings. The average Bonchev–Trinajstić information content (AvgIpc) is 2.15. The molecule has 0 saturated carbocycles. The molecule has 0 amide bonds. The highest BCUT2D eigenvalue weighted by Gasteiger charge is 2.12. The first-order chi connectivity index (χ1) is 6.15. The van der Waals surface area contributed by atoms with Crippen LogP contribution in [0.25, 0.3) is 0 Å². The van der Waals surface area contributed by atoms with Crippen LogP contribution in [-0.2, 0) is 4.74 Å². The fourth-order valence-corrected chi connectivity index (χ4v) is 1.22. The van der Waals surface area contributed by atoms with Crippen LogP contribution in [0, 0.1) is 10.8 Å². The lowest BCUT2D eigenvalue weighted by molar-refractivity contribution is 0.306. The summed E-state index contributed by atoms with van der Waals surface area (Å²) in [7, 11) is 3.03. The first-order valence-corrected chi connectivity index (χ1v) is 4.33. The Labute approximate surface area is 85.6 Å². The van der Waals surface area contributed by atoms with E-state index in [1.54, 1.807) is 6.08 Å². The van der Waals surface area contributed by atoms with Gasteiger partial charge in [-0.05, 0) is 29.1 Å². The van der Waals surface area contributed by atoms with Crippen LogP contribution in [0.4, 0.5) is 0 Å². The maximum absolute atomic E-state index is 7.27. The Morgan fingerprint density at radius 3 is 2.15 bits per heavy atom. The molecule has 0 aromatic carbocycles. The van der Waals surface area contributed by atoms with E-state index in [1.165, 1.54) is 20.2 Å². The van der Waals surface area contributed by atoms with E-state index in [4.69, 9.17) is 15.6 Å². The van der Waals surface area contributed by atoms with Crippen molar-refractivity contribution in [2.75, 3.05) is 14.2 Å². The Morgan fingerprint density at radius 2 is 1.69 bits per heavy atom. The smallest absolute Gasteiger partial charge is 0.135 e. The van der Waals surface area contributed by atoms with Gasteiger partial charge in [-0.15, -0.1) is 0 Å². The number of ether oxygens (including phenoxy) is 1. The lowest BCUT2D eigenvalue weighted by atomic mass is 10.1. The summed E-state index contributed by atoms with van der Waals surface area (Å²) in [6, 6.07) is 0. The Morgan fingerprint density at radius 1 is 1.23 bits per heavy atom. The Kier molecular flexibility index (Phi) is 5.25. The molecule has 72 valence electrons. The molecule has 0 bridgehead atoms. The Hall–Kier alpha value is -0.940. The molecule has 0 spiro atoms. The zero-order valence-electron chi connectivity index (χ0n) is 7.52. The minimum atomic E-state index is 0.171. The SMILES string of the molecule is CN.COC1=CC(=N)C(=N)C=C1Br. The van der Waals surface area contributed by atoms with E-state index >= 15 is 0 Å². The second kappa shape index (κ2) is 5.66. The summed E-state index contributed by atoms with van der Waals surface area (Å²) in [5.41, 5.74) is 4.86. The maximum Gasteiger partial charge on any atom is 0.135 e. The molecule has 0 fully saturated rings. The summed E-state index contributed by atoms with van der Waals surface area (Å²) in [6.07, 6.45) is 3.05. The van der Waals surface area contributed by atoms with E-state index in [2.05, 4.69) is 21.7 Å². The summed E-state index contributed by atoms with van der Waals surface area (Å²) in [5.74, 6) is 0.589. The molecule has 13 heavy (non-hydrogen) atoms. The molecule has 0 heterocycles. The van der Waals surface area contributed by atoms with Gasteiger partial charge < -0.3 is 10.5 Å². The Balaban J connectivity index is 0.000000671. The number of rotatable bonds is 1. The van der Waals surface area contributed by atoms with Crippen LogP contribution < -0.4 is 5.73 Å². The molecule has 0 aliphatic heterocycles. The van der Waals surface area contributed by atoms with Crippen LogP contribution in [0.15, 0.2) is 22.4 Å². The topological polar surface area (TPSA) is 83.0 Å². The molecule has 0 unspecified atom stereocenters. The number of nitrogens with one attached hydrogen (secondary N) is 2. The van der Waals surface area contributed by atoms with E-state index < -0.39 is 0 Å². The molecule has 4 nitrogen and oxygen atoms in total. The summed E-state index contributed by atoms with van der Waals surface area (Å²) < 4.78 is 5.64. The highest BCUT2D eigenvalue weighted by atomic mass is 79.9. The van der Waals surface area contributed by atoms with Crippen LogP contribution in [0.3, 0.4) is 0 Å². The number of allylic oxidation sites excluding steroid dienone is 3. The van der Waals surface area contributed by atoms with Gasteiger partial charge in [-0.3, -0.25) is 10.8 Å². The Bertz CT molecular complexity index is 281. The minimum Gasteiger partial charge on any atom is -0.495 e. The zero-order chi connectivity index (χ0) is 10.4. The third-order valence-corrected chi connectivity index (χ3v) is 1.91. The van der Waals surface area contributed by atoms with Crippen molar-refractivity contribution in [1.29, 1.82) is 10.8 Å². The van der Waals surface area contributed by atoms with Crippen LogP contribution in [0.5, 0.6) is 0 Å². The second-order valence-electron chi connectivity index (χ2n) is 2.03. The van der Waals surface area contributed by atoms with Gasteiger partial charge in [-0.1, -0.05) is 0 Å². The van der Waals surface area contributed by atoms with Gasteiger partial charge in [-0.2, -0.15) is 0 Å². The van der Waals surface area contributed by atoms with Gasteiger partial charge in [0, 0.05) is 6.08 Å². The van der Waals surface area contributed by atoms with E-state index in [0.717, 1.165) is 0 Å². The van der Waals surface area contributed by atoms with Crippen LogP contribution in [0.2, 0.25) is 0 Å². The lowest BCUT2D eigenvalue weighted by Gasteiger charge is -2.10. The number of halogens is 1. The standard InChI is InChI=1S/C7H7BrN2O.CH5N/c1-11-7-3-6(10)5(9)2-4(7)8;1-2/h2-3,9-10H,1H3;2H2,1H3. The quantitative estimate of drug-likeness (QED) is 0.611. The van der Waals surface area contributed by atoms with Gasteiger partial charge in [0.25, 0.3) is 0 Å². The monoisotopic (exact) mass is 245 g/mol. The molecule has 1 aliphatic carbocycles. The van der Waals surface area contributed by atoms with Crippen LogP contribution >= 0.6 is 15.9 Å². The van der Waals surface area contributed by atoms with Crippen molar-refractivity contribution in [2.45, 2.75) is 0 Å². The van der Waals surface area contributed by atoms with Crippen molar-refractivity contribution in [1.82, 2.24) is 0 Å². The average molecular weight is 246 g/mol. The van der Waals surface area contributed by atoms with Gasteiger partial charge in [0.15, 0.2) is 0 Å². The van der Waals surface area contributed by atoms with E-state index in [1.807, 2.05) is 0 Å². The molecular weight excluding hydrogens is 234 g/mol. The van der Waals surface area contributed by atoms with E-state index in [0.29, 0.717) is 10.2 Å². The molecular formula is C8H12BrN3O. The summed E-state index contributed by atoms with van der Waals surface area (Å²) in [6.45, 7) is 0. The van der Waals surface area contributed by atoms with Crippen molar-refractivity contribution in [3.05, 3.63) is 22.4 Å². The molecule has 0 radical (unpaired) electrons. The number of hydrogen-bond donors (Lipinski definition) is 3. The molecule has 1 aliphatic rings. The van der Waals surface area contributed by atoms with Crippen LogP contribution in [-0.4, -0.2) is 25.6 Å². The normalized spacial score (nSPS) is 15.4. The second-order valence-corrected chi connectivity index (χ2v) is 2.89. The van der Waals surface area contributed by atoms with E-state index in [-0.39, 0.29) is 11.4 Å². The number of hydrogen-bond acceptors (Lipinski definition) is 4. The predicted molar refractivity (Wildman–Crippen MR) is 57.7 cm³/mol. The molecule has 0 atom stereocenters. The van der Waals surface area contributed by atoms with Gasteiger partial charge in [0.05, 0.1) is 23.0 Å². The first kappa shape index (κ1) is 12.1. The van der Waals surface area contributed by atoms with Gasteiger partial charge in [0.1, 0.15) is 5.76 Å². The van der Waals surface area contributed by atoms with Gasteiger partial charge >= 0.3 is 0 Å². The minimum absolute atomic E-state index is 0.171. The van der Waals surface area contributed by atoms with Crippen LogP contribution in [0.1, 0.15) is 0 Å². The molecule has 5 heteroatoms. The van der Waals surface area contributed by atoms with E-state index in [9.17, 15) is 0 Å².